The Morgan fingerprint density at radius 2 is 2.10 bits per heavy atom. The van der Waals surface area contributed by atoms with Crippen LogP contribution in [0.2, 0.25) is 5.02 Å². The van der Waals surface area contributed by atoms with Crippen LogP contribution in [0.4, 0.5) is 23.7 Å². The summed E-state index contributed by atoms with van der Waals surface area (Å²) in [5, 5.41) is 6.44. The molecule has 1 aliphatic rings. The molecular weight excluding hydrogens is 448 g/mol. The molecule has 1 fully saturated rings. The molecule has 0 bridgehead atoms. The molecule has 1 aliphatic heterocycles. The van der Waals surface area contributed by atoms with Gasteiger partial charge in [0.05, 0.1) is 5.92 Å². The number of halogens is 5. The summed E-state index contributed by atoms with van der Waals surface area (Å²) in [5.41, 5.74) is 0.283. The van der Waals surface area contributed by atoms with Gasteiger partial charge in [0.1, 0.15) is 0 Å². The summed E-state index contributed by atoms with van der Waals surface area (Å²) >= 11 is 5.74. The predicted molar refractivity (Wildman–Crippen MR) is 106 cm³/mol. The maximum atomic E-state index is 13.5. The zero-order chi connectivity index (χ0) is 21.0. The van der Waals surface area contributed by atoms with E-state index in [1.165, 1.54) is 24.3 Å². The minimum absolute atomic E-state index is 0. The fourth-order valence-electron chi connectivity index (χ4n) is 3.15. The molecule has 166 valence electrons. The van der Waals surface area contributed by atoms with Crippen molar-refractivity contribution in [3.63, 3.8) is 0 Å². The Hall–Kier alpha value is -2.04. The van der Waals surface area contributed by atoms with Gasteiger partial charge in [-0.2, -0.15) is 18.2 Å². The van der Waals surface area contributed by atoms with Gasteiger partial charge in [-0.3, -0.25) is 10.2 Å². The zero-order valence-electron chi connectivity index (χ0n) is 16.0. The molecule has 12 heteroatoms. The third-order valence-electron chi connectivity index (χ3n) is 4.53. The molecule has 0 saturated carbocycles. The molecule has 2 heterocycles. The number of alkyl halides is 3. The maximum absolute atomic E-state index is 13.5. The molecule has 1 aromatic carbocycles. The molecule has 7 nitrogen and oxygen atoms in total. The van der Waals surface area contributed by atoms with Crippen LogP contribution in [-0.2, 0) is 4.74 Å². The highest BCUT2D eigenvalue weighted by atomic mass is 35.5. The first-order chi connectivity index (χ1) is 13.7. The van der Waals surface area contributed by atoms with Gasteiger partial charge in [0.15, 0.2) is 5.82 Å². The Balaban J connectivity index is 0.00000320. The van der Waals surface area contributed by atoms with Crippen molar-refractivity contribution in [2.75, 3.05) is 25.0 Å². The van der Waals surface area contributed by atoms with Crippen molar-refractivity contribution < 1.29 is 27.2 Å². The van der Waals surface area contributed by atoms with Crippen LogP contribution < -0.4 is 5.32 Å². The van der Waals surface area contributed by atoms with Gasteiger partial charge in [-0.1, -0.05) is 16.8 Å². The molecule has 1 aromatic heterocycles. The first-order valence-corrected chi connectivity index (χ1v) is 9.41. The number of piperidine rings is 1. The van der Waals surface area contributed by atoms with Crippen molar-refractivity contribution in [3.8, 4) is 0 Å². The van der Waals surface area contributed by atoms with Crippen LogP contribution in [0, 0.1) is 6.92 Å². The average Bonchev–Trinajstić information content (AvgIpc) is 3.09. The van der Waals surface area contributed by atoms with E-state index in [1.807, 2.05) is 0 Å². The van der Waals surface area contributed by atoms with Gasteiger partial charge in [0.25, 0.3) is 0 Å². The lowest BCUT2D eigenvalue weighted by molar-refractivity contribution is -0.207. The highest BCUT2D eigenvalue weighted by Gasteiger charge is 2.44. The molecule has 3 rings (SSSR count). The molecule has 1 N–H and O–H groups in total. The van der Waals surface area contributed by atoms with Crippen LogP contribution in [0.1, 0.15) is 30.5 Å². The van der Waals surface area contributed by atoms with Crippen LogP contribution in [0.3, 0.4) is 0 Å². The zero-order valence-corrected chi connectivity index (χ0v) is 17.6. The number of amides is 1. The Morgan fingerprint density at radius 3 is 2.70 bits per heavy atom. The van der Waals surface area contributed by atoms with Crippen LogP contribution >= 0.6 is 24.0 Å². The summed E-state index contributed by atoms with van der Waals surface area (Å²) in [6, 6.07) is 5.94. The number of carbonyl (C=O) groups excluding carboxylic acids is 1. The lowest BCUT2D eigenvalue weighted by Gasteiger charge is -2.33. The second kappa shape index (κ2) is 10.3. The third-order valence-corrected chi connectivity index (χ3v) is 4.78. The van der Waals surface area contributed by atoms with Gasteiger partial charge in [0.2, 0.25) is 12.0 Å². The van der Waals surface area contributed by atoms with Crippen LogP contribution in [0.5, 0.6) is 0 Å². The number of likely N-dealkylation sites (tertiary alicyclic amines) is 1. The van der Waals surface area contributed by atoms with Gasteiger partial charge in [0, 0.05) is 23.8 Å². The number of carbonyl (C=O) groups is 1. The molecule has 30 heavy (non-hydrogen) atoms. The van der Waals surface area contributed by atoms with Gasteiger partial charge in [-0.15, -0.1) is 12.4 Å². The highest BCUT2D eigenvalue weighted by molar-refractivity contribution is 6.30. The Kier molecular flexibility index (Phi) is 8.34. The SMILES string of the molecule is Cc1noc(C2CCCN(C[C@H](OC(=O)Nc3ccc(Cl)cc3)C(F)(F)F)C2)n1.Cl. The summed E-state index contributed by atoms with van der Waals surface area (Å²) in [6.45, 7) is 1.98. The van der Waals surface area contributed by atoms with E-state index < -0.39 is 24.9 Å². The van der Waals surface area contributed by atoms with Crippen LogP contribution in [0.25, 0.3) is 0 Å². The summed E-state index contributed by atoms with van der Waals surface area (Å²) in [4.78, 5) is 17.7. The highest BCUT2D eigenvalue weighted by Crippen LogP contribution is 2.29. The van der Waals surface area contributed by atoms with Crippen molar-refractivity contribution in [3.05, 3.63) is 41.0 Å². The molecule has 1 amide bonds. The summed E-state index contributed by atoms with van der Waals surface area (Å²) in [6.07, 6.45) is -6.74. The monoisotopic (exact) mass is 468 g/mol. The third kappa shape index (κ3) is 6.75. The Bertz CT molecular complexity index is 833. The van der Waals surface area contributed by atoms with E-state index in [1.54, 1.807) is 11.8 Å². The fraction of sp³-hybridized carbons (Fsp3) is 0.500. The second-order valence-electron chi connectivity index (χ2n) is 6.85. The summed E-state index contributed by atoms with van der Waals surface area (Å²) in [5.74, 6) is 0.742. The Labute approximate surface area is 182 Å². The number of rotatable bonds is 5. The minimum Gasteiger partial charge on any atom is -0.435 e. The molecular formula is C18H21Cl2F3N4O3. The van der Waals surface area contributed by atoms with Crippen LogP contribution in [-0.4, -0.2) is 53.0 Å². The van der Waals surface area contributed by atoms with Gasteiger partial charge >= 0.3 is 12.3 Å². The Morgan fingerprint density at radius 1 is 1.40 bits per heavy atom. The number of ether oxygens (including phenoxy) is 1. The van der Waals surface area contributed by atoms with Crippen molar-refractivity contribution in [2.45, 2.75) is 38.0 Å². The van der Waals surface area contributed by atoms with E-state index in [0.717, 1.165) is 6.42 Å². The van der Waals surface area contributed by atoms with Crippen molar-refractivity contribution in [2.24, 2.45) is 0 Å². The molecule has 2 aromatic rings. The molecule has 2 atom stereocenters. The number of aromatic nitrogens is 2. The molecule has 1 saturated heterocycles. The number of benzene rings is 1. The smallest absolute Gasteiger partial charge is 0.426 e. The predicted octanol–water partition coefficient (Wildman–Crippen LogP) is 4.81. The van der Waals surface area contributed by atoms with E-state index in [2.05, 4.69) is 15.5 Å². The molecule has 0 aliphatic carbocycles. The van der Waals surface area contributed by atoms with Crippen LogP contribution in [0.15, 0.2) is 28.8 Å². The quantitative estimate of drug-likeness (QED) is 0.677. The van der Waals surface area contributed by atoms with E-state index >= 15 is 0 Å². The first kappa shape index (κ1) is 24.2. The van der Waals surface area contributed by atoms with Gasteiger partial charge in [-0.25, -0.2) is 4.79 Å². The fourth-order valence-corrected chi connectivity index (χ4v) is 3.28. The number of nitrogens with zero attached hydrogens (tertiary/aromatic N) is 3. The lowest BCUT2D eigenvalue weighted by atomic mass is 9.97. The first-order valence-electron chi connectivity index (χ1n) is 9.03. The number of nitrogens with one attached hydrogen (secondary N) is 1. The van der Waals surface area contributed by atoms with E-state index in [0.29, 0.717) is 36.2 Å². The average molecular weight is 469 g/mol. The maximum Gasteiger partial charge on any atom is 0.426 e. The van der Waals surface area contributed by atoms with E-state index in [9.17, 15) is 18.0 Å². The normalized spacial score (nSPS) is 18.4. The van der Waals surface area contributed by atoms with E-state index in [4.69, 9.17) is 20.9 Å². The van der Waals surface area contributed by atoms with Gasteiger partial charge in [-0.05, 0) is 50.6 Å². The van der Waals surface area contributed by atoms with Crippen molar-refractivity contribution in [1.29, 1.82) is 0 Å². The van der Waals surface area contributed by atoms with Gasteiger partial charge < -0.3 is 9.26 Å². The minimum atomic E-state index is -4.70. The standard InChI is InChI=1S/C18H20ClF3N4O3.ClH/c1-11-23-16(29-25-11)12-3-2-8-26(9-12)10-15(18(20,21)22)28-17(27)24-14-6-4-13(19)5-7-14;/h4-7,12,15H,2-3,8-10H2,1H3,(H,24,27);1H/t12?,15-;/m0./s1. The number of aryl methyl sites for hydroxylation is 1. The molecule has 1 unspecified atom stereocenters. The van der Waals surface area contributed by atoms with Crippen molar-refractivity contribution in [1.82, 2.24) is 15.0 Å². The lowest BCUT2D eigenvalue weighted by Crippen LogP contribution is -2.47. The molecule has 0 radical (unpaired) electrons. The number of hydrogen-bond donors (Lipinski definition) is 1. The summed E-state index contributed by atoms with van der Waals surface area (Å²) in [7, 11) is 0. The topological polar surface area (TPSA) is 80.5 Å². The number of anilines is 1. The number of hydrogen-bond acceptors (Lipinski definition) is 6. The van der Waals surface area contributed by atoms with E-state index in [-0.39, 0.29) is 24.0 Å². The van der Waals surface area contributed by atoms with Crippen molar-refractivity contribution >= 4 is 35.8 Å². The second-order valence-corrected chi connectivity index (χ2v) is 7.28. The largest absolute Gasteiger partial charge is 0.435 e. The summed E-state index contributed by atoms with van der Waals surface area (Å²) < 4.78 is 50.2. The molecule has 0 spiro atoms.